The van der Waals surface area contributed by atoms with Gasteiger partial charge in [0.1, 0.15) is 12.6 Å². The quantitative estimate of drug-likeness (QED) is 0.426. The van der Waals surface area contributed by atoms with Crippen molar-refractivity contribution in [2.45, 2.75) is 11.0 Å². The van der Waals surface area contributed by atoms with Gasteiger partial charge in [-0.2, -0.15) is 0 Å². The van der Waals surface area contributed by atoms with Crippen LogP contribution < -0.4 is 19.1 Å². The van der Waals surface area contributed by atoms with Crippen molar-refractivity contribution in [2.24, 2.45) is 0 Å². The Labute approximate surface area is 214 Å². The normalized spacial score (nSPS) is 12.1. The average molecular weight is 539 g/mol. The highest BCUT2D eigenvalue weighted by atomic mass is 35.5. The maximum Gasteiger partial charge on any atom is 0.264 e. The molecule has 186 valence electrons. The van der Waals surface area contributed by atoms with Crippen LogP contribution in [0.25, 0.3) is 0 Å². The van der Waals surface area contributed by atoms with E-state index in [-0.39, 0.29) is 31.9 Å². The molecule has 3 aromatic rings. The van der Waals surface area contributed by atoms with E-state index in [2.05, 4.69) is 5.32 Å². The number of hydrogen-bond acceptors (Lipinski definition) is 6. The summed E-state index contributed by atoms with van der Waals surface area (Å²) in [6, 6.07) is 15.0. The van der Waals surface area contributed by atoms with Crippen molar-refractivity contribution in [3.05, 3.63) is 81.8 Å². The van der Waals surface area contributed by atoms with Gasteiger partial charge in [0.15, 0.2) is 11.5 Å². The molecule has 0 saturated heterocycles. The van der Waals surface area contributed by atoms with Crippen LogP contribution in [0.15, 0.2) is 65.6 Å². The SMILES string of the molecule is CNC(=O)CN(c1ccc(Cl)cc1C(O)c1ccccc1Cl)S(=O)(=O)c1ccc(OC)c(OC)c1. The van der Waals surface area contributed by atoms with Gasteiger partial charge in [0.2, 0.25) is 5.91 Å². The summed E-state index contributed by atoms with van der Waals surface area (Å²) in [5.74, 6) is -0.0336. The molecule has 11 heteroatoms. The minimum absolute atomic E-state index is 0.0557. The van der Waals surface area contributed by atoms with E-state index < -0.39 is 28.6 Å². The summed E-state index contributed by atoms with van der Waals surface area (Å²) < 4.78 is 39.0. The molecule has 3 aromatic carbocycles. The number of aliphatic hydroxyl groups excluding tert-OH is 1. The lowest BCUT2D eigenvalue weighted by Gasteiger charge is -2.28. The summed E-state index contributed by atoms with van der Waals surface area (Å²) in [6.07, 6.45) is -1.33. The molecule has 0 aromatic heterocycles. The molecular formula is C24H24Cl2N2O6S. The number of carbonyl (C=O) groups is 1. The maximum absolute atomic E-state index is 13.8. The predicted molar refractivity (Wildman–Crippen MR) is 135 cm³/mol. The number of carbonyl (C=O) groups excluding carboxylic acids is 1. The number of likely N-dealkylation sites (N-methyl/N-ethyl adjacent to an activating group) is 1. The highest BCUT2D eigenvalue weighted by Gasteiger charge is 2.31. The first-order valence-electron chi connectivity index (χ1n) is 10.3. The largest absolute Gasteiger partial charge is 0.493 e. The minimum Gasteiger partial charge on any atom is -0.493 e. The van der Waals surface area contributed by atoms with E-state index >= 15 is 0 Å². The molecule has 8 nitrogen and oxygen atoms in total. The number of amides is 1. The standard InChI is InChI=1S/C24H24Cl2N2O6S/c1-27-23(29)14-28(35(31,32)16-9-11-21(33-2)22(13-16)34-3)20-10-8-15(25)12-18(20)24(30)17-6-4-5-7-19(17)26/h4-13,24,30H,14H2,1-3H3,(H,27,29). The Kier molecular flexibility index (Phi) is 8.50. The number of benzene rings is 3. The smallest absolute Gasteiger partial charge is 0.264 e. The number of nitrogens with zero attached hydrogens (tertiary/aromatic N) is 1. The minimum atomic E-state index is -4.33. The van der Waals surface area contributed by atoms with Gasteiger partial charge in [-0.25, -0.2) is 8.42 Å². The molecule has 0 spiro atoms. The van der Waals surface area contributed by atoms with Gasteiger partial charge in [0, 0.05) is 34.3 Å². The summed E-state index contributed by atoms with van der Waals surface area (Å²) in [6.45, 7) is -0.558. The fraction of sp³-hybridized carbons (Fsp3) is 0.208. The average Bonchev–Trinajstić information content (AvgIpc) is 2.86. The van der Waals surface area contributed by atoms with Gasteiger partial charge < -0.3 is 19.9 Å². The zero-order chi connectivity index (χ0) is 25.8. The lowest BCUT2D eigenvalue weighted by Crippen LogP contribution is -2.40. The third-order valence-electron chi connectivity index (χ3n) is 5.26. The van der Waals surface area contributed by atoms with Crippen LogP contribution in [0.5, 0.6) is 11.5 Å². The second kappa shape index (κ2) is 11.2. The highest BCUT2D eigenvalue weighted by molar-refractivity contribution is 7.92. The van der Waals surface area contributed by atoms with Gasteiger partial charge in [-0.3, -0.25) is 9.10 Å². The van der Waals surface area contributed by atoms with Crippen LogP contribution in [-0.4, -0.2) is 47.2 Å². The molecule has 35 heavy (non-hydrogen) atoms. The van der Waals surface area contributed by atoms with Crippen LogP contribution in [0.1, 0.15) is 17.2 Å². The lowest BCUT2D eigenvalue weighted by atomic mass is 9.99. The summed E-state index contributed by atoms with van der Waals surface area (Å²) in [7, 11) is -0.121. The molecule has 3 rings (SSSR count). The van der Waals surface area contributed by atoms with Gasteiger partial charge in [0.25, 0.3) is 10.0 Å². The van der Waals surface area contributed by atoms with Gasteiger partial charge >= 0.3 is 0 Å². The van der Waals surface area contributed by atoms with Crippen LogP contribution in [0.2, 0.25) is 10.0 Å². The van der Waals surface area contributed by atoms with E-state index in [0.29, 0.717) is 11.3 Å². The van der Waals surface area contributed by atoms with Crippen molar-refractivity contribution < 1.29 is 27.8 Å². The first kappa shape index (κ1) is 26.6. The molecule has 2 N–H and O–H groups in total. The van der Waals surface area contributed by atoms with Crippen molar-refractivity contribution in [1.29, 1.82) is 0 Å². The van der Waals surface area contributed by atoms with Gasteiger partial charge in [-0.1, -0.05) is 41.4 Å². The van der Waals surface area contributed by atoms with Crippen molar-refractivity contribution in [2.75, 3.05) is 32.1 Å². The molecule has 1 amide bonds. The Morgan fingerprint density at radius 2 is 1.69 bits per heavy atom. The van der Waals surface area contributed by atoms with E-state index in [1.807, 2.05) is 0 Å². The summed E-state index contributed by atoms with van der Waals surface area (Å²) >= 11 is 12.5. The number of sulfonamides is 1. The molecule has 0 saturated carbocycles. The molecule has 1 atom stereocenters. The lowest BCUT2D eigenvalue weighted by molar-refractivity contribution is -0.119. The van der Waals surface area contributed by atoms with Crippen LogP contribution in [0.3, 0.4) is 0 Å². The number of nitrogens with one attached hydrogen (secondary N) is 1. The molecular weight excluding hydrogens is 515 g/mol. The molecule has 1 unspecified atom stereocenters. The number of ether oxygens (including phenoxy) is 2. The fourth-order valence-electron chi connectivity index (χ4n) is 3.45. The van der Waals surface area contributed by atoms with Crippen molar-refractivity contribution >= 4 is 44.8 Å². The van der Waals surface area contributed by atoms with Crippen molar-refractivity contribution in [3.63, 3.8) is 0 Å². The number of halogens is 2. The number of methoxy groups -OCH3 is 2. The summed E-state index contributed by atoms with van der Waals surface area (Å²) in [4.78, 5) is 12.3. The molecule has 0 aliphatic carbocycles. The monoisotopic (exact) mass is 538 g/mol. The summed E-state index contributed by atoms with van der Waals surface area (Å²) in [5, 5.41) is 14.2. The van der Waals surface area contributed by atoms with E-state index in [0.717, 1.165) is 4.31 Å². The van der Waals surface area contributed by atoms with E-state index in [4.69, 9.17) is 32.7 Å². The zero-order valence-corrected chi connectivity index (χ0v) is 21.5. The Bertz CT molecular complexity index is 1330. The van der Waals surface area contributed by atoms with E-state index in [9.17, 15) is 18.3 Å². The maximum atomic E-state index is 13.8. The highest BCUT2D eigenvalue weighted by Crippen LogP contribution is 2.38. The molecule has 0 aliphatic heterocycles. The van der Waals surface area contributed by atoms with Crippen LogP contribution >= 0.6 is 23.2 Å². The summed E-state index contributed by atoms with van der Waals surface area (Å²) in [5.41, 5.74) is 0.555. The Hall–Kier alpha value is -2.98. The molecule has 0 fully saturated rings. The van der Waals surface area contributed by atoms with Crippen molar-refractivity contribution in [3.8, 4) is 11.5 Å². The van der Waals surface area contributed by atoms with Gasteiger partial charge in [0.05, 0.1) is 24.8 Å². The van der Waals surface area contributed by atoms with Crippen molar-refractivity contribution in [1.82, 2.24) is 5.32 Å². The number of hydrogen-bond donors (Lipinski definition) is 2. The predicted octanol–water partition coefficient (Wildman–Crippen LogP) is 4.03. The van der Waals surface area contributed by atoms with E-state index in [1.54, 1.807) is 24.3 Å². The fourth-order valence-corrected chi connectivity index (χ4v) is 5.33. The van der Waals surface area contributed by atoms with Crippen LogP contribution in [-0.2, 0) is 14.8 Å². The van der Waals surface area contributed by atoms with Crippen LogP contribution in [0, 0.1) is 0 Å². The Balaban J connectivity index is 2.22. The Morgan fingerprint density at radius 1 is 1.00 bits per heavy atom. The van der Waals surface area contributed by atoms with Gasteiger partial charge in [-0.15, -0.1) is 0 Å². The van der Waals surface area contributed by atoms with Crippen LogP contribution in [0.4, 0.5) is 5.69 Å². The molecule has 0 bridgehead atoms. The van der Waals surface area contributed by atoms with E-state index in [1.165, 1.54) is 57.7 Å². The third-order valence-corrected chi connectivity index (χ3v) is 7.60. The topological polar surface area (TPSA) is 105 Å². The zero-order valence-electron chi connectivity index (χ0n) is 19.2. The number of aliphatic hydroxyl groups is 1. The Morgan fingerprint density at radius 3 is 2.31 bits per heavy atom. The molecule has 0 aliphatic rings. The number of anilines is 1. The first-order chi connectivity index (χ1) is 16.6. The second-order valence-corrected chi connectivity index (χ2v) is 10.0. The molecule has 0 heterocycles. The first-order valence-corrected chi connectivity index (χ1v) is 12.5. The number of rotatable bonds is 9. The molecule has 0 radical (unpaired) electrons. The van der Waals surface area contributed by atoms with Gasteiger partial charge in [-0.05, 0) is 36.4 Å². The second-order valence-electron chi connectivity index (χ2n) is 7.33. The third kappa shape index (κ3) is 5.65.